The fraction of sp³-hybridized carbons (Fsp3) is 0.300. The number of carbonyl (C=O) groups is 2. The number of nitrogens with zero attached hydrogens (tertiary/aromatic N) is 1. The minimum absolute atomic E-state index is 0.241. The van der Waals surface area contributed by atoms with Gasteiger partial charge in [0.15, 0.2) is 12.7 Å². The second-order valence-electron chi connectivity index (χ2n) is 5.98. The smallest absolute Gasteiger partial charge is 0.344 e. The average Bonchev–Trinajstić information content (AvgIpc) is 2.58. The maximum Gasteiger partial charge on any atom is 0.344 e. The minimum atomic E-state index is -0.888. The highest BCUT2D eigenvalue weighted by Gasteiger charge is 2.22. The van der Waals surface area contributed by atoms with E-state index in [1.165, 1.54) is 4.90 Å². The van der Waals surface area contributed by atoms with Crippen LogP contribution in [0.25, 0.3) is 0 Å². The lowest BCUT2D eigenvalue weighted by Crippen LogP contribution is -2.38. The Balaban J connectivity index is 1.88. The van der Waals surface area contributed by atoms with E-state index in [2.05, 4.69) is 0 Å². The number of likely N-dealkylation sites (N-methyl/N-ethyl adjacent to an activating group) is 1. The summed E-state index contributed by atoms with van der Waals surface area (Å²) >= 11 is 0. The molecule has 0 N–H and O–H groups in total. The van der Waals surface area contributed by atoms with Crippen LogP contribution in [-0.2, 0) is 14.3 Å². The third kappa shape index (κ3) is 5.35. The van der Waals surface area contributed by atoms with Crippen molar-refractivity contribution in [1.29, 1.82) is 0 Å². The zero-order chi connectivity index (χ0) is 18.4. The number of ether oxygens (including phenoxy) is 2. The summed E-state index contributed by atoms with van der Waals surface area (Å²) in [5, 5.41) is 0. The van der Waals surface area contributed by atoms with Crippen LogP contribution in [0.3, 0.4) is 0 Å². The lowest BCUT2D eigenvalue weighted by Gasteiger charge is -2.21. The molecule has 0 aromatic heterocycles. The van der Waals surface area contributed by atoms with Crippen LogP contribution in [0.1, 0.15) is 18.1 Å². The summed E-state index contributed by atoms with van der Waals surface area (Å²) in [4.78, 5) is 25.8. The van der Waals surface area contributed by atoms with Gasteiger partial charge in [0, 0.05) is 12.7 Å². The van der Waals surface area contributed by atoms with Crippen molar-refractivity contribution in [3.05, 3.63) is 59.7 Å². The highest BCUT2D eigenvalue weighted by atomic mass is 16.6. The molecule has 0 aliphatic carbocycles. The van der Waals surface area contributed by atoms with Gasteiger partial charge in [-0.15, -0.1) is 0 Å². The summed E-state index contributed by atoms with van der Waals surface area (Å²) in [6, 6.07) is 14.9. The van der Waals surface area contributed by atoms with Gasteiger partial charge in [0.25, 0.3) is 5.91 Å². The lowest BCUT2D eigenvalue weighted by atomic mass is 10.1. The van der Waals surface area contributed by atoms with Crippen LogP contribution in [0, 0.1) is 13.8 Å². The van der Waals surface area contributed by atoms with Crippen molar-refractivity contribution in [3.8, 4) is 5.75 Å². The molecule has 5 nitrogen and oxygen atoms in total. The van der Waals surface area contributed by atoms with Gasteiger partial charge in [0.1, 0.15) is 5.75 Å². The molecule has 132 valence electrons. The molecule has 0 unspecified atom stereocenters. The zero-order valence-corrected chi connectivity index (χ0v) is 15.0. The first-order valence-electron chi connectivity index (χ1n) is 8.10. The first-order valence-corrected chi connectivity index (χ1v) is 8.10. The third-order valence-corrected chi connectivity index (χ3v) is 3.68. The Bertz CT molecular complexity index is 722. The van der Waals surface area contributed by atoms with Gasteiger partial charge in [-0.25, -0.2) is 4.79 Å². The molecule has 0 aliphatic rings. The van der Waals surface area contributed by atoms with Gasteiger partial charge in [-0.2, -0.15) is 0 Å². The second-order valence-corrected chi connectivity index (χ2v) is 5.98. The predicted molar refractivity (Wildman–Crippen MR) is 96.8 cm³/mol. The molecule has 25 heavy (non-hydrogen) atoms. The van der Waals surface area contributed by atoms with Crippen LogP contribution in [0.15, 0.2) is 48.5 Å². The van der Waals surface area contributed by atoms with E-state index in [0.29, 0.717) is 5.75 Å². The summed E-state index contributed by atoms with van der Waals surface area (Å²) in [5.41, 5.74) is 2.84. The Morgan fingerprint density at radius 2 is 1.64 bits per heavy atom. The molecule has 2 aromatic rings. The van der Waals surface area contributed by atoms with E-state index in [9.17, 15) is 9.59 Å². The number of para-hydroxylation sites is 1. The molecule has 0 fully saturated rings. The molecule has 2 aromatic carbocycles. The van der Waals surface area contributed by atoms with Crippen molar-refractivity contribution in [2.45, 2.75) is 26.9 Å². The molecule has 0 saturated heterocycles. The maximum absolute atomic E-state index is 12.4. The van der Waals surface area contributed by atoms with E-state index in [0.717, 1.165) is 16.8 Å². The van der Waals surface area contributed by atoms with Crippen LogP contribution >= 0.6 is 0 Å². The molecule has 0 saturated carbocycles. The number of anilines is 1. The van der Waals surface area contributed by atoms with Crippen molar-refractivity contribution in [2.75, 3.05) is 18.6 Å². The molecule has 0 aliphatic heterocycles. The van der Waals surface area contributed by atoms with Crippen LogP contribution < -0.4 is 9.64 Å². The molecule has 1 atom stereocenters. The molecule has 0 radical (unpaired) electrons. The van der Waals surface area contributed by atoms with Gasteiger partial charge in [0.05, 0.1) is 0 Å². The van der Waals surface area contributed by atoms with Crippen LogP contribution in [-0.4, -0.2) is 31.6 Å². The Labute approximate surface area is 148 Å². The normalized spacial score (nSPS) is 11.5. The SMILES string of the molecule is Cc1cc(C)cc(OCC(=O)O[C@@H](C)C(=O)N(C)c2ccccc2)c1. The Hall–Kier alpha value is -2.82. The minimum Gasteiger partial charge on any atom is -0.482 e. The largest absolute Gasteiger partial charge is 0.482 e. The fourth-order valence-electron chi connectivity index (χ4n) is 2.49. The first kappa shape index (κ1) is 18.5. The Morgan fingerprint density at radius 1 is 1.04 bits per heavy atom. The summed E-state index contributed by atoms with van der Waals surface area (Å²) in [6.45, 7) is 5.22. The topological polar surface area (TPSA) is 55.8 Å². The van der Waals surface area contributed by atoms with Crippen LogP contribution in [0.5, 0.6) is 5.75 Å². The van der Waals surface area contributed by atoms with E-state index < -0.39 is 12.1 Å². The molecule has 1 amide bonds. The van der Waals surface area contributed by atoms with Crippen molar-refractivity contribution < 1.29 is 19.1 Å². The lowest BCUT2D eigenvalue weighted by molar-refractivity contribution is -0.155. The summed E-state index contributed by atoms with van der Waals surface area (Å²) in [6.07, 6.45) is -0.888. The average molecular weight is 341 g/mol. The van der Waals surface area contributed by atoms with E-state index in [4.69, 9.17) is 9.47 Å². The van der Waals surface area contributed by atoms with Crippen molar-refractivity contribution in [1.82, 2.24) is 0 Å². The van der Waals surface area contributed by atoms with Gasteiger partial charge in [-0.3, -0.25) is 4.79 Å². The third-order valence-electron chi connectivity index (χ3n) is 3.68. The van der Waals surface area contributed by atoms with Crippen LogP contribution in [0.4, 0.5) is 5.69 Å². The number of benzene rings is 2. The van der Waals surface area contributed by atoms with E-state index in [-0.39, 0.29) is 12.5 Å². The first-order chi connectivity index (χ1) is 11.9. The van der Waals surface area contributed by atoms with Crippen molar-refractivity contribution in [3.63, 3.8) is 0 Å². The van der Waals surface area contributed by atoms with Crippen molar-refractivity contribution >= 4 is 17.6 Å². The summed E-state index contributed by atoms with van der Waals surface area (Å²) in [5.74, 6) is -0.276. The van der Waals surface area contributed by atoms with Gasteiger partial charge >= 0.3 is 5.97 Å². The van der Waals surface area contributed by atoms with Gasteiger partial charge in [-0.05, 0) is 56.2 Å². The zero-order valence-electron chi connectivity index (χ0n) is 15.0. The maximum atomic E-state index is 12.4. The van der Waals surface area contributed by atoms with Gasteiger partial charge in [0.2, 0.25) is 0 Å². The molecular formula is C20H23NO4. The number of aryl methyl sites for hydroxylation is 2. The molecule has 0 bridgehead atoms. The molecule has 0 heterocycles. The molecule has 2 rings (SSSR count). The standard InChI is InChI=1S/C20H23NO4/c1-14-10-15(2)12-18(11-14)24-13-19(22)25-16(3)20(23)21(4)17-8-6-5-7-9-17/h5-12,16H,13H2,1-4H3/t16-/m0/s1. The summed E-state index contributed by atoms with van der Waals surface area (Å²) in [7, 11) is 1.65. The van der Waals surface area contributed by atoms with Gasteiger partial charge in [-0.1, -0.05) is 24.3 Å². The van der Waals surface area contributed by atoms with Crippen molar-refractivity contribution in [2.24, 2.45) is 0 Å². The Kier molecular flexibility index (Phi) is 6.17. The van der Waals surface area contributed by atoms with Gasteiger partial charge < -0.3 is 14.4 Å². The fourth-order valence-corrected chi connectivity index (χ4v) is 2.49. The number of carbonyl (C=O) groups excluding carboxylic acids is 2. The van der Waals surface area contributed by atoms with E-state index in [1.807, 2.05) is 62.4 Å². The number of rotatable bonds is 6. The molecule has 5 heteroatoms. The van der Waals surface area contributed by atoms with E-state index in [1.54, 1.807) is 14.0 Å². The predicted octanol–water partition coefficient (Wildman–Crippen LogP) is 3.28. The monoisotopic (exact) mass is 341 g/mol. The number of esters is 1. The number of amides is 1. The Morgan fingerprint density at radius 3 is 2.24 bits per heavy atom. The highest BCUT2D eigenvalue weighted by Crippen LogP contribution is 2.16. The molecular weight excluding hydrogens is 318 g/mol. The quantitative estimate of drug-likeness (QED) is 0.757. The second kappa shape index (κ2) is 8.33. The number of hydrogen-bond acceptors (Lipinski definition) is 4. The number of hydrogen-bond donors (Lipinski definition) is 0. The molecule has 0 spiro atoms. The highest BCUT2D eigenvalue weighted by molar-refractivity contribution is 5.96. The van der Waals surface area contributed by atoms with E-state index >= 15 is 0 Å². The summed E-state index contributed by atoms with van der Waals surface area (Å²) < 4.78 is 10.6. The van der Waals surface area contributed by atoms with Crippen LogP contribution in [0.2, 0.25) is 0 Å².